The summed E-state index contributed by atoms with van der Waals surface area (Å²) in [6.45, 7) is 0.210. The van der Waals surface area contributed by atoms with Gasteiger partial charge in [0.25, 0.3) is 5.91 Å². The molecule has 2 aromatic rings. The maximum Gasteiger partial charge on any atom is 0.273 e. The van der Waals surface area contributed by atoms with Gasteiger partial charge < -0.3 is 14.9 Å². The predicted molar refractivity (Wildman–Crippen MR) is 84.8 cm³/mol. The van der Waals surface area contributed by atoms with Gasteiger partial charge in [-0.05, 0) is 29.8 Å². The van der Waals surface area contributed by atoms with Crippen molar-refractivity contribution in [3.8, 4) is 5.75 Å². The molecule has 23 heavy (non-hydrogen) atoms. The molecule has 0 bridgehead atoms. The highest BCUT2D eigenvalue weighted by Crippen LogP contribution is 2.16. The summed E-state index contributed by atoms with van der Waals surface area (Å²) in [5.74, 6) is -0.153. The molecule has 0 aliphatic heterocycles. The zero-order valence-electron chi connectivity index (χ0n) is 12.9. The number of ether oxygens (including phenoxy) is 1. The van der Waals surface area contributed by atoms with E-state index in [9.17, 15) is 9.18 Å². The molecular weight excluding hydrogens is 299 g/mol. The van der Waals surface area contributed by atoms with Crippen LogP contribution in [0.3, 0.4) is 0 Å². The molecule has 0 heterocycles. The Morgan fingerprint density at radius 3 is 2.52 bits per heavy atom. The summed E-state index contributed by atoms with van der Waals surface area (Å²) >= 11 is 0. The standard InChI is InChI=1S/C17H17FN2O3/c1-19-17(21)16(20-22-2)15-6-4-3-5-12(15)11-23-14-9-7-13(18)8-10-14/h3-10H,11H2,1-2H3,(H,19,21)/b20-16-. The summed E-state index contributed by atoms with van der Waals surface area (Å²) in [6.07, 6.45) is 0. The molecule has 6 heteroatoms. The van der Waals surface area contributed by atoms with Crippen LogP contribution in [-0.4, -0.2) is 25.8 Å². The van der Waals surface area contributed by atoms with Crippen molar-refractivity contribution in [3.05, 3.63) is 65.5 Å². The van der Waals surface area contributed by atoms with Crippen molar-refractivity contribution in [1.29, 1.82) is 0 Å². The van der Waals surface area contributed by atoms with E-state index in [4.69, 9.17) is 9.57 Å². The number of hydrogen-bond donors (Lipinski definition) is 1. The van der Waals surface area contributed by atoms with Crippen molar-refractivity contribution in [3.63, 3.8) is 0 Å². The molecule has 0 atom stereocenters. The smallest absolute Gasteiger partial charge is 0.273 e. The lowest BCUT2D eigenvalue weighted by Gasteiger charge is -2.12. The van der Waals surface area contributed by atoms with Gasteiger partial charge in [0.1, 0.15) is 25.3 Å². The van der Waals surface area contributed by atoms with Gasteiger partial charge in [0.15, 0.2) is 5.71 Å². The van der Waals surface area contributed by atoms with Gasteiger partial charge in [0.2, 0.25) is 0 Å². The molecule has 0 aromatic heterocycles. The first-order valence-electron chi connectivity index (χ1n) is 6.95. The van der Waals surface area contributed by atoms with Crippen LogP contribution in [0.4, 0.5) is 4.39 Å². The monoisotopic (exact) mass is 316 g/mol. The van der Waals surface area contributed by atoms with E-state index in [1.54, 1.807) is 24.3 Å². The number of benzene rings is 2. The lowest BCUT2D eigenvalue weighted by Crippen LogP contribution is -2.29. The highest BCUT2D eigenvalue weighted by molar-refractivity contribution is 6.45. The highest BCUT2D eigenvalue weighted by atomic mass is 19.1. The lowest BCUT2D eigenvalue weighted by molar-refractivity contribution is -0.114. The van der Waals surface area contributed by atoms with Crippen molar-refractivity contribution in [2.24, 2.45) is 5.16 Å². The number of oxime groups is 1. The first-order chi connectivity index (χ1) is 11.2. The van der Waals surface area contributed by atoms with E-state index < -0.39 is 0 Å². The lowest BCUT2D eigenvalue weighted by atomic mass is 10.0. The fourth-order valence-electron chi connectivity index (χ4n) is 1.99. The minimum Gasteiger partial charge on any atom is -0.489 e. The summed E-state index contributed by atoms with van der Waals surface area (Å²) < 4.78 is 18.5. The molecule has 0 fully saturated rings. The number of nitrogens with one attached hydrogen (secondary N) is 1. The molecule has 0 saturated carbocycles. The number of amides is 1. The van der Waals surface area contributed by atoms with Crippen molar-refractivity contribution in [2.75, 3.05) is 14.2 Å². The minimum absolute atomic E-state index is 0.160. The Balaban J connectivity index is 2.24. The fraction of sp³-hybridized carbons (Fsp3) is 0.176. The number of halogens is 1. The molecule has 0 unspecified atom stereocenters. The van der Waals surface area contributed by atoms with E-state index in [1.165, 1.54) is 26.3 Å². The van der Waals surface area contributed by atoms with Gasteiger partial charge in [0, 0.05) is 12.6 Å². The molecule has 1 N–H and O–H groups in total. The topological polar surface area (TPSA) is 59.9 Å². The molecular formula is C17H17FN2O3. The van der Waals surface area contributed by atoms with Gasteiger partial charge in [-0.15, -0.1) is 0 Å². The van der Waals surface area contributed by atoms with Crippen LogP contribution in [0.15, 0.2) is 53.7 Å². The Labute approximate surface area is 133 Å². The Morgan fingerprint density at radius 2 is 1.87 bits per heavy atom. The molecule has 120 valence electrons. The van der Waals surface area contributed by atoms with Crippen LogP contribution in [0.1, 0.15) is 11.1 Å². The number of nitrogens with zero attached hydrogens (tertiary/aromatic N) is 1. The fourth-order valence-corrected chi connectivity index (χ4v) is 1.99. The second-order valence-electron chi connectivity index (χ2n) is 4.60. The average molecular weight is 316 g/mol. The molecule has 0 saturated heterocycles. The van der Waals surface area contributed by atoms with E-state index in [1.807, 2.05) is 12.1 Å². The zero-order chi connectivity index (χ0) is 16.7. The van der Waals surface area contributed by atoms with E-state index >= 15 is 0 Å². The van der Waals surface area contributed by atoms with Gasteiger partial charge in [0.05, 0.1) is 0 Å². The average Bonchev–Trinajstić information content (AvgIpc) is 2.59. The Kier molecular flexibility index (Phi) is 5.68. The Bertz CT molecular complexity index is 699. The zero-order valence-corrected chi connectivity index (χ0v) is 12.9. The first kappa shape index (κ1) is 16.5. The predicted octanol–water partition coefficient (Wildman–Crippen LogP) is 2.50. The first-order valence-corrected chi connectivity index (χ1v) is 6.95. The van der Waals surface area contributed by atoms with E-state index in [0.717, 1.165) is 5.56 Å². The summed E-state index contributed by atoms with van der Waals surface area (Å²) in [6, 6.07) is 12.9. The van der Waals surface area contributed by atoms with E-state index in [-0.39, 0.29) is 24.0 Å². The second kappa shape index (κ2) is 7.93. The summed E-state index contributed by atoms with van der Waals surface area (Å²) in [5.41, 5.74) is 1.53. The van der Waals surface area contributed by atoms with E-state index in [0.29, 0.717) is 11.3 Å². The van der Waals surface area contributed by atoms with Gasteiger partial charge >= 0.3 is 0 Å². The number of likely N-dealkylation sites (N-methyl/N-ethyl adjacent to an activating group) is 1. The summed E-state index contributed by atoms with van der Waals surface area (Å²) in [5, 5.41) is 6.32. The Morgan fingerprint density at radius 1 is 1.17 bits per heavy atom. The number of carbonyl (C=O) groups is 1. The minimum atomic E-state index is -0.360. The SMILES string of the molecule is CNC(=O)/C(=N\OC)c1ccccc1COc1ccc(F)cc1. The Hall–Kier alpha value is -2.89. The van der Waals surface area contributed by atoms with Gasteiger partial charge in [-0.2, -0.15) is 0 Å². The van der Waals surface area contributed by atoms with Gasteiger partial charge in [-0.1, -0.05) is 29.4 Å². The normalized spacial score (nSPS) is 11.0. The summed E-state index contributed by atoms with van der Waals surface area (Å²) in [4.78, 5) is 16.7. The molecule has 1 amide bonds. The second-order valence-corrected chi connectivity index (χ2v) is 4.60. The molecule has 2 rings (SSSR count). The molecule has 0 spiro atoms. The third-order valence-corrected chi connectivity index (χ3v) is 3.11. The number of hydrogen-bond acceptors (Lipinski definition) is 4. The highest BCUT2D eigenvalue weighted by Gasteiger charge is 2.17. The van der Waals surface area contributed by atoms with Crippen LogP contribution in [0.2, 0.25) is 0 Å². The van der Waals surface area contributed by atoms with Crippen molar-refractivity contribution in [2.45, 2.75) is 6.61 Å². The van der Waals surface area contributed by atoms with Crippen LogP contribution in [0.25, 0.3) is 0 Å². The molecule has 0 radical (unpaired) electrons. The maximum absolute atomic E-state index is 12.9. The quantitative estimate of drug-likeness (QED) is 0.658. The number of carbonyl (C=O) groups excluding carboxylic acids is 1. The van der Waals surface area contributed by atoms with Gasteiger partial charge in [-0.3, -0.25) is 4.79 Å². The maximum atomic E-state index is 12.9. The largest absolute Gasteiger partial charge is 0.489 e. The van der Waals surface area contributed by atoms with Crippen LogP contribution in [-0.2, 0) is 16.2 Å². The molecule has 0 aliphatic rings. The molecule has 2 aromatic carbocycles. The van der Waals surface area contributed by atoms with Crippen molar-refractivity contribution >= 4 is 11.6 Å². The number of rotatable bonds is 6. The van der Waals surface area contributed by atoms with Crippen molar-refractivity contribution < 1.29 is 18.8 Å². The molecule has 5 nitrogen and oxygen atoms in total. The van der Waals surface area contributed by atoms with E-state index in [2.05, 4.69) is 10.5 Å². The summed E-state index contributed by atoms with van der Waals surface area (Å²) in [7, 11) is 2.89. The third-order valence-electron chi connectivity index (χ3n) is 3.11. The third kappa shape index (κ3) is 4.29. The van der Waals surface area contributed by atoms with Crippen molar-refractivity contribution in [1.82, 2.24) is 5.32 Å². The van der Waals surface area contributed by atoms with Crippen LogP contribution >= 0.6 is 0 Å². The van der Waals surface area contributed by atoms with Crippen LogP contribution in [0, 0.1) is 5.82 Å². The molecule has 0 aliphatic carbocycles. The van der Waals surface area contributed by atoms with Gasteiger partial charge in [-0.25, -0.2) is 4.39 Å². The van der Waals surface area contributed by atoms with Crippen LogP contribution < -0.4 is 10.1 Å². The van der Waals surface area contributed by atoms with Crippen LogP contribution in [0.5, 0.6) is 5.75 Å².